The molecular formula is C23H25N2O2. The fourth-order valence-electron chi connectivity index (χ4n) is 3.61. The second-order valence-corrected chi connectivity index (χ2v) is 7.23. The average molecular weight is 361 g/mol. The number of ether oxygens (including phenoxy) is 1. The summed E-state index contributed by atoms with van der Waals surface area (Å²) in [6, 6.07) is 18.7. The molecule has 139 valence electrons. The van der Waals surface area contributed by atoms with Gasteiger partial charge in [-0.3, -0.25) is 0 Å². The van der Waals surface area contributed by atoms with Crippen molar-refractivity contribution < 1.29 is 9.84 Å². The first-order valence-corrected chi connectivity index (χ1v) is 9.49. The van der Waals surface area contributed by atoms with Crippen LogP contribution < -0.4 is 4.74 Å². The molecule has 1 radical (unpaired) electrons. The third-order valence-corrected chi connectivity index (χ3v) is 5.29. The number of benzene rings is 2. The molecule has 0 aliphatic heterocycles. The molecule has 1 fully saturated rings. The largest absolute Gasteiger partial charge is 0.497 e. The molecule has 27 heavy (non-hydrogen) atoms. The van der Waals surface area contributed by atoms with Gasteiger partial charge in [-0.25, -0.2) is 4.68 Å². The molecule has 0 spiro atoms. The molecule has 2 aromatic carbocycles. The van der Waals surface area contributed by atoms with E-state index in [1.54, 1.807) is 7.11 Å². The molecule has 1 heterocycles. The average Bonchev–Trinajstić information content (AvgIpc) is 3.14. The highest BCUT2D eigenvalue weighted by molar-refractivity contribution is 5.64. The van der Waals surface area contributed by atoms with Crippen LogP contribution in [-0.4, -0.2) is 28.1 Å². The first-order chi connectivity index (χ1) is 13.1. The molecule has 3 aromatic rings. The molecular weight excluding hydrogens is 336 g/mol. The maximum Gasteiger partial charge on any atom is 0.119 e. The van der Waals surface area contributed by atoms with Crippen molar-refractivity contribution in [2.75, 3.05) is 7.11 Å². The predicted octanol–water partition coefficient (Wildman–Crippen LogP) is 4.71. The van der Waals surface area contributed by atoms with E-state index in [4.69, 9.17) is 9.84 Å². The van der Waals surface area contributed by atoms with Crippen molar-refractivity contribution in [1.29, 1.82) is 0 Å². The van der Waals surface area contributed by atoms with Gasteiger partial charge in [-0.2, -0.15) is 5.10 Å². The number of aliphatic hydroxyl groups is 1. The van der Waals surface area contributed by atoms with E-state index >= 15 is 0 Å². The van der Waals surface area contributed by atoms with E-state index in [1.807, 2.05) is 28.9 Å². The molecule has 0 amide bonds. The maximum absolute atomic E-state index is 9.81. The van der Waals surface area contributed by atoms with Crippen LogP contribution in [0.25, 0.3) is 16.9 Å². The zero-order valence-corrected chi connectivity index (χ0v) is 15.9. The Bertz CT molecular complexity index is 889. The Morgan fingerprint density at radius 2 is 1.67 bits per heavy atom. The van der Waals surface area contributed by atoms with Crippen LogP contribution in [-0.2, 0) is 0 Å². The smallest absolute Gasteiger partial charge is 0.119 e. The monoisotopic (exact) mass is 361 g/mol. The number of hydrogen-bond acceptors (Lipinski definition) is 3. The van der Waals surface area contributed by atoms with Crippen molar-refractivity contribution in [3.05, 3.63) is 71.8 Å². The zero-order chi connectivity index (χ0) is 18.8. The quantitative estimate of drug-likeness (QED) is 0.732. The Hall–Kier alpha value is -2.59. The van der Waals surface area contributed by atoms with Gasteiger partial charge in [0.1, 0.15) is 5.75 Å². The minimum absolute atomic E-state index is 0.172. The molecule has 0 bridgehead atoms. The van der Waals surface area contributed by atoms with E-state index in [0.717, 1.165) is 54.1 Å². The standard InChI is InChI=1S/C23H25N2O2/c1-16-3-5-18(6-4-16)23-15-22(17-7-11-20(26)12-8-17)24-25(23)19-9-13-21(27-2)14-10-19/h3-6,9-10,13-15,20,26H,7-8,11-12H2,1-2H3. The van der Waals surface area contributed by atoms with E-state index in [1.165, 1.54) is 11.5 Å². The van der Waals surface area contributed by atoms with Crippen LogP contribution in [0.2, 0.25) is 0 Å². The van der Waals surface area contributed by atoms with Gasteiger partial charge in [0.2, 0.25) is 0 Å². The van der Waals surface area contributed by atoms with Gasteiger partial charge >= 0.3 is 0 Å². The van der Waals surface area contributed by atoms with Gasteiger partial charge < -0.3 is 9.84 Å². The van der Waals surface area contributed by atoms with Crippen LogP contribution in [0.4, 0.5) is 0 Å². The van der Waals surface area contributed by atoms with Gasteiger partial charge in [-0.15, -0.1) is 0 Å². The predicted molar refractivity (Wildman–Crippen MR) is 107 cm³/mol. The van der Waals surface area contributed by atoms with Crippen LogP contribution in [0.15, 0.2) is 54.6 Å². The van der Waals surface area contributed by atoms with E-state index < -0.39 is 0 Å². The Labute approximate surface area is 160 Å². The molecule has 1 aliphatic carbocycles. The highest BCUT2D eigenvalue weighted by Gasteiger charge is 2.25. The lowest BCUT2D eigenvalue weighted by molar-refractivity contribution is 0.138. The van der Waals surface area contributed by atoms with Crippen molar-refractivity contribution in [1.82, 2.24) is 9.78 Å². The highest BCUT2D eigenvalue weighted by atomic mass is 16.5. The molecule has 1 aromatic heterocycles. The summed E-state index contributed by atoms with van der Waals surface area (Å²) in [6.07, 6.45) is 3.30. The molecule has 0 saturated heterocycles. The summed E-state index contributed by atoms with van der Waals surface area (Å²) in [6.45, 7) is 2.10. The number of aryl methyl sites for hydroxylation is 1. The van der Waals surface area contributed by atoms with Crippen LogP contribution >= 0.6 is 0 Å². The highest BCUT2D eigenvalue weighted by Crippen LogP contribution is 2.34. The lowest BCUT2D eigenvalue weighted by atomic mass is 9.85. The van der Waals surface area contributed by atoms with Gasteiger partial charge in [-0.1, -0.05) is 29.8 Å². The van der Waals surface area contributed by atoms with E-state index in [9.17, 15) is 5.11 Å². The molecule has 0 atom stereocenters. The Balaban J connectivity index is 1.75. The summed E-state index contributed by atoms with van der Waals surface area (Å²) in [5.41, 5.74) is 5.51. The Morgan fingerprint density at radius 1 is 1.00 bits per heavy atom. The SMILES string of the molecule is COc1ccc(-n2nc([C]3CCC(O)CC3)cc2-c2ccc(C)cc2)cc1. The maximum atomic E-state index is 9.81. The zero-order valence-electron chi connectivity index (χ0n) is 15.9. The van der Waals surface area contributed by atoms with Crippen molar-refractivity contribution in [3.8, 4) is 22.7 Å². The van der Waals surface area contributed by atoms with Gasteiger partial charge in [0.05, 0.1) is 30.3 Å². The van der Waals surface area contributed by atoms with Gasteiger partial charge in [-0.05, 0) is 62.9 Å². The second-order valence-electron chi connectivity index (χ2n) is 7.23. The summed E-state index contributed by atoms with van der Waals surface area (Å²) in [4.78, 5) is 0. The Morgan fingerprint density at radius 3 is 2.30 bits per heavy atom. The lowest BCUT2D eigenvalue weighted by Crippen LogP contribution is -2.18. The molecule has 1 saturated carbocycles. The molecule has 4 heteroatoms. The molecule has 4 rings (SSSR count). The number of nitrogens with zero attached hydrogens (tertiary/aromatic N) is 2. The van der Waals surface area contributed by atoms with Crippen molar-refractivity contribution in [2.24, 2.45) is 0 Å². The molecule has 0 unspecified atom stereocenters. The minimum Gasteiger partial charge on any atom is -0.497 e. The fourth-order valence-corrected chi connectivity index (χ4v) is 3.61. The van der Waals surface area contributed by atoms with Gasteiger partial charge in [0.15, 0.2) is 0 Å². The van der Waals surface area contributed by atoms with E-state index in [-0.39, 0.29) is 6.10 Å². The first-order valence-electron chi connectivity index (χ1n) is 9.49. The number of hydrogen-bond donors (Lipinski definition) is 1. The van der Waals surface area contributed by atoms with E-state index in [0.29, 0.717) is 0 Å². The third kappa shape index (κ3) is 3.76. The number of aromatic nitrogens is 2. The number of rotatable bonds is 4. The first kappa shape index (κ1) is 17.8. The summed E-state index contributed by atoms with van der Waals surface area (Å²) in [5.74, 6) is 2.17. The molecule has 4 nitrogen and oxygen atoms in total. The Kier molecular flexibility index (Phi) is 4.99. The van der Waals surface area contributed by atoms with Crippen LogP contribution in [0.3, 0.4) is 0 Å². The summed E-state index contributed by atoms with van der Waals surface area (Å²) >= 11 is 0. The third-order valence-electron chi connectivity index (χ3n) is 5.29. The minimum atomic E-state index is -0.172. The van der Waals surface area contributed by atoms with Crippen LogP contribution in [0.1, 0.15) is 36.9 Å². The normalized spacial score (nSPS) is 15.8. The topological polar surface area (TPSA) is 47.3 Å². The van der Waals surface area contributed by atoms with Crippen LogP contribution in [0, 0.1) is 12.8 Å². The number of methoxy groups -OCH3 is 1. The fraction of sp³-hybridized carbons (Fsp3) is 0.304. The summed E-state index contributed by atoms with van der Waals surface area (Å²) in [5, 5.41) is 14.8. The summed E-state index contributed by atoms with van der Waals surface area (Å²) < 4.78 is 7.30. The van der Waals surface area contributed by atoms with Crippen LogP contribution in [0.5, 0.6) is 5.75 Å². The number of aliphatic hydroxyl groups excluding tert-OH is 1. The van der Waals surface area contributed by atoms with Crippen molar-refractivity contribution >= 4 is 0 Å². The lowest BCUT2D eigenvalue weighted by Gasteiger charge is -2.23. The summed E-state index contributed by atoms with van der Waals surface area (Å²) in [7, 11) is 1.67. The second kappa shape index (κ2) is 7.57. The molecule has 1 N–H and O–H groups in total. The van der Waals surface area contributed by atoms with Gasteiger partial charge in [0.25, 0.3) is 0 Å². The molecule has 1 aliphatic rings. The van der Waals surface area contributed by atoms with Gasteiger partial charge in [0, 0.05) is 11.5 Å². The van der Waals surface area contributed by atoms with E-state index in [2.05, 4.69) is 37.3 Å². The van der Waals surface area contributed by atoms with Crippen molar-refractivity contribution in [2.45, 2.75) is 38.7 Å². The van der Waals surface area contributed by atoms with Crippen molar-refractivity contribution in [3.63, 3.8) is 0 Å².